The molecule has 3 aromatic carbocycles. The van der Waals surface area contributed by atoms with Crippen molar-refractivity contribution >= 4 is 40.9 Å². The third-order valence-corrected chi connectivity index (χ3v) is 10.00. The minimum atomic E-state index is -0.584. The number of thioether (sulfide) groups is 1. The molecule has 0 radical (unpaired) electrons. The molecule has 0 saturated carbocycles. The second-order valence-corrected chi connectivity index (χ2v) is 14.2. The van der Waals surface area contributed by atoms with Crippen LogP contribution in [0.5, 0.6) is 5.75 Å². The van der Waals surface area contributed by atoms with E-state index in [-0.39, 0.29) is 33.8 Å². The number of aliphatic imine (C=N–C) groups is 1. The van der Waals surface area contributed by atoms with Crippen LogP contribution in [0.3, 0.4) is 0 Å². The lowest BCUT2D eigenvalue weighted by Crippen LogP contribution is -2.49. The van der Waals surface area contributed by atoms with Crippen LogP contribution in [0.25, 0.3) is 5.69 Å². The standard InChI is InChI=1S/C34H36Cl2F2N4O2S/c1-34(2,22-8-13-27(35)30(17-22)44-5)31-18-39-33(41(31)25-11-9-23(37)10-12-25)45-20-26-28(36)15-21(16-29(26)38)32(43)40-24-7-6-14-42(3,4)19-24/h8-13,15-18,24H,6-7,14,19-20H2,1-5H3/t24-/m0/s1. The van der Waals surface area contributed by atoms with Gasteiger partial charge in [-0.2, -0.15) is 0 Å². The lowest BCUT2D eigenvalue weighted by molar-refractivity contribution is -0.895. The lowest BCUT2D eigenvalue weighted by Gasteiger charge is -2.37. The van der Waals surface area contributed by atoms with Crippen LogP contribution in [0.4, 0.5) is 8.78 Å². The first kappa shape index (κ1) is 33.3. The summed E-state index contributed by atoms with van der Waals surface area (Å²) in [4.78, 5) is 9.09. The summed E-state index contributed by atoms with van der Waals surface area (Å²) in [6.07, 6.45) is 3.59. The minimum Gasteiger partial charge on any atom is -0.858 e. The van der Waals surface area contributed by atoms with Crippen LogP contribution in [-0.4, -0.2) is 60.3 Å². The first-order chi connectivity index (χ1) is 21.3. The largest absolute Gasteiger partial charge is 0.858 e. The predicted molar refractivity (Wildman–Crippen MR) is 176 cm³/mol. The number of likely N-dealkylation sites (N-methyl/N-ethyl adjacent to an activating group) is 1. The van der Waals surface area contributed by atoms with Crippen molar-refractivity contribution in [1.29, 1.82) is 0 Å². The Morgan fingerprint density at radius 3 is 2.51 bits per heavy atom. The molecule has 4 aromatic rings. The van der Waals surface area contributed by atoms with Gasteiger partial charge in [-0.3, -0.25) is 9.56 Å². The number of imidazole rings is 1. The average molecular weight is 674 g/mol. The number of likely N-dealkylation sites (tertiary alicyclic amines) is 1. The summed E-state index contributed by atoms with van der Waals surface area (Å²) in [5.41, 5.74) is 2.25. The zero-order valence-corrected chi connectivity index (χ0v) is 28.2. The van der Waals surface area contributed by atoms with Crippen molar-refractivity contribution < 1.29 is 23.1 Å². The number of hydrogen-bond acceptors (Lipinski definition) is 5. The summed E-state index contributed by atoms with van der Waals surface area (Å²) in [5, 5.41) is 14.2. The van der Waals surface area contributed by atoms with Gasteiger partial charge >= 0.3 is 0 Å². The molecule has 45 heavy (non-hydrogen) atoms. The Balaban J connectivity index is 1.45. The molecular weight excluding hydrogens is 637 g/mol. The van der Waals surface area contributed by atoms with E-state index in [4.69, 9.17) is 32.9 Å². The van der Waals surface area contributed by atoms with Crippen LogP contribution in [0.15, 0.2) is 70.9 Å². The highest BCUT2D eigenvalue weighted by atomic mass is 35.5. The molecule has 0 bridgehead atoms. The zero-order valence-electron chi connectivity index (χ0n) is 25.9. The smallest absolute Gasteiger partial charge is 0.173 e. The van der Waals surface area contributed by atoms with Crippen LogP contribution < -0.4 is 9.84 Å². The van der Waals surface area contributed by atoms with Crippen molar-refractivity contribution in [2.75, 3.05) is 34.3 Å². The normalized spacial score (nSPS) is 17.0. The second kappa shape index (κ2) is 13.3. The quantitative estimate of drug-likeness (QED) is 0.0803. The third-order valence-electron chi connectivity index (χ3n) is 8.37. The number of halogens is 4. The number of piperidine rings is 1. The Labute approximate surface area is 277 Å². The number of benzene rings is 3. The fraction of sp³-hybridized carbons (Fsp3) is 0.353. The molecule has 0 N–H and O–H groups in total. The highest BCUT2D eigenvalue weighted by Crippen LogP contribution is 2.40. The van der Waals surface area contributed by atoms with Gasteiger partial charge in [0, 0.05) is 27.4 Å². The van der Waals surface area contributed by atoms with E-state index >= 15 is 4.39 Å². The van der Waals surface area contributed by atoms with E-state index in [1.165, 1.54) is 36.0 Å². The van der Waals surface area contributed by atoms with Gasteiger partial charge in [0.25, 0.3) is 0 Å². The highest BCUT2D eigenvalue weighted by molar-refractivity contribution is 7.98. The van der Waals surface area contributed by atoms with Crippen molar-refractivity contribution in [3.05, 3.63) is 105 Å². The van der Waals surface area contributed by atoms with Crippen molar-refractivity contribution in [3.8, 4) is 11.4 Å². The molecule has 238 valence electrons. The number of ether oxygens (including phenoxy) is 1. The second-order valence-electron chi connectivity index (χ2n) is 12.5. The summed E-state index contributed by atoms with van der Waals surface area (Å²) in [5.74, 6) is -0.706. The van der Waals surface area contributed by atoms with Gasteiger partial charge in [-0.1, -0.05) is 54.9 Å². The summed E-state index contributed by atoms with van der Waals surface area (Å²) in [6, 6.07) is 14.3. The van der Waals surface area contributed by atoms with E-state index in [1.54, 1.807) is 31.5 Å². The minimum absolute atomic E-state index is 0.101. The maximum Gasteiger partial charge on any atom is 0.173 e. The molecule has 1 saturated heterocycles. The maximum atomic E-state index is 15.5. The van der Waals surface area contributed by atoms with E-state index in [0.717, 1.165) is 41.7 Å². The van der Waals surface area contributed by atoms with E-state index in [9.17, 15) is 9.50 Å². The Bertz CT molecular complexity index is 1700. The summed E-state index contributed by atoms with van der Waals surface area (Å²) < 4.78 is 37.6. The van der Waals surface area contributed by atoms with Gasteiger partial charge in [-0.15, -0.1) is 0 Å². The molecule has 1 aliphatic rings. The summed E-state index contributed by atoms with van der Waals surface area (Å²) in [6.45, 7) is 5.90. The molecule has 2 heterocycles. The lowest BCUT2D eigenvalue weighted by atomic mass is 9.81. The van der Waals surface area contributed by atoms with Gasteiger partial charge in [-0.05, 0) is 78.4 Å². The Morgan fingerprint density at radius 2 is 1.84 bits per heavy atom. The molecule has 1 atom stereocenters. The molecule has 0 spiro atoms. The van der Waals surface area contributed by atoms with Gasteiger partial charge in [-0.25, -0.2) is 13.8 Å². The molecule has 6 nitrogen and oxygen atoms in total. The van der Waals surface area contributed by atoms with E-state index in [1.807, 2.05) is 30.5 Å². The summed E-state index contributed by atoms with van der Waals surface area (Å²) >= 11 is 14.2. The fourth-order valence-electron chi connectivity index (χ4n) is 5.77. The van der Waals surface area contributed by atoms with Crippen molar-refractivity contribution in [2.45, 2.75) is 49.1 Å². The molecule has 11 heteroatoms. The topological polar surface area (TPSA) is 62.5 Å². The van der Waals surface area contributed by atoms with Gasteiger partial charge in [0.1, 0.15) is 23.9 Å². The fourth-order valence-corrected chi connectivity index (χ4v) is 7.34. The number of quaternary nitrogens is 1. The zero-order chi connectivity index (χ0) is 32.5. The molecule has 0 aliphatic carbocycles. The molecule has 0 unspecified atom stereocenters. The molecule has 0 amide bonds. The molecule has 5 rings (SSSR count). The predicted octanol–water partition coefficient (Wildman–Crippen LogP) is 7.43. The van der Waals surface area contributed by atoms with Crippen molar-refractivity contribution in [2.24, 2.45) is 4.99 Å². The van der Waals surface area contributed by atoms with E-state index in [0.29, 0.717) is 21.6 Å². The highest BCUT2D eigenvalue weighted by Gasteiger charge is 2.31. The first-order valence-corrected chi connectivity index (χ1v) is 16.4. The van der Waals surface area contributed by atoms with Gasteiger partial charge in [0.15, 0.2) is 5.16 Å². The van der Waals surface area contributed by atoms with Crippen molar-refractivity contribution in [1.82, 2.24) is 9.55 Å². The molecule has 1 aliphatic heterocycles. The van der Waals surface area contributed by atoms with E-state index < -0.39 is 17.1 Å². The van der Waals surface area contributed by atoms with Crippen LogP contribution in [-0.2, 0) is 11.2 Å². The summed E-state index contributed by atoms with van der Waals surface area (Å²) in [7, 11) is 5.80. The first-order valence-electron chi connectivity index (χ1n) is 14.6. The van der Waals surface area contributed by atoms with Gasteiger partial charge < -0.3 is 14.3 Å². The molecular formula is C34H36Cl2F2N4O2S. The number of hydrogen-bond donors (Lipinski definition) is 0. The maximum absolute atomic E-state index is 15.5. The van der Waals surface area contributed by atoms with E-state index in [2.05, 4.69) is 19.1 Å². The number of rotatable bonds is 9. The number of methoxy groups -OCH3 is 1. The van der Waals surface area contributed by atoms with Gasteiger partial charge in [0.05, 0.1) is 50.7 Å². The SMILES string of the molecule is COc1cc(C(C)(C)c2cnc(SCc3c(F)cc(C([O-])=N[C@H]4CCC[N+](C)(C)C4)cc3Cl)n2-c2ccc(F)cc2)ccc1Cl. The van der Waals surface area contributed by atoms with Gasteiger partial charge in [0.2, 0.25) is 0 Å². The van der Waals surface area contributed by atoms with Crippen molar-refractivity contribution in [3.63, 3.8) is 0 Å². The Morgan fingerprint density at radius 1 is 1.11 bits per heavy atom. The number of aromatic nitrogens is 2. The molecule has 1 aromatic heterocycles. The average Bonchev–Trinajstić information content (AvgIpc) is 3.41. The van der Waals surface area contributed by atoms with Crippen LogP contribution in [0.2, 0.25) is 10.0 Å². The molecule has 1 fully saturated rings. The van der Waals surface area contributed by atoms with Crippen LogP contribution in [0.1, 0.15) is 49.1 Å². The Hall–Kier alpha value is -3.11. The number of nitrogens with zero attached hydrogens (tertiary/aromatic N) is 4. The van der Waals surface area contributed by atoms with Crippen LogP contribution in [0, 0.1) is 11.6 Å². The van der Waals surface area contributed by atoms with Crippen LogP contribution >= 0.6 is 35.0 Å². The third kappa shape index (κ3) is 7.32. The Kier molecular flexibility index (Phi) is 9.84. The monoisotopic (exact) mass is 672 g/mol.